The van der Waals surface area contributed by atoms with Gasteiger partial charge in [0.05, 0.1) is 19.8 Å². The summed E-state index contributed by atoms with van der Waals surface area (Å²) < 4.78 is 10.5. The van der Waals surface area contributed by atoms with Gasteiger partial charge in [-0.1, -0.05) is 30.3 Å². The minimum Gasteiger partial charge on any atom is -0.382 e. The van der Waals surface area contributed by atoms with Crippen LogP contribution >= 0.6 is 12.4 Å². The molecule has 0 saturated carbocycles. The lowest BCUT2D eigenvalue weighted by Crippen LogP contribution is -2.37. The average Bonchev–Trinajstić information content (AvgIpc) is 3.00. The zero-order chi connectivity index (χ0) is 15.1. The van der Waals surface area contributed by atoms with Gasteiger partial charge in [-0.25, -0.2) is 0 Å². The van der Waals surface area contributed by atoms with Crippen molar-refractivity contribution < 1.29 is 14.3 Å². The van der Waals surface area contributed by atoms with Crippen LogP contribution in [0.2, 0.25) is 0 Å². The van der Waals surface area contributed by atoms with Crippen LogP contribution in [-0.4, -0.2) is 50.8 Å². The van der Waals surface area contributed by atoms with E-state index in [9.17, 15) is 4.79 Å². The van der Waals surface area contributed by atoms with E-state index in [1.165, 1.54) is 0 Å². The molecule has 1 heterocycles. The van der Waals surface area contributed by atoms with E-state index < -0.39 is 6.04 Å². The van der Waals surface area contributed by atoms with Crippen molar-refractivity contribution in [3.63, 3.8) is 0 Å². The second-order valence-electron chi connectivity index (χ2n) is 5.40. The van der Waals surface area contributed by atoms with Crippen molar-refractivity contribution >= 4 is 18.3 Å². The van der Waals surface area contributed by atoms with Crippen LogP contribution in [0.15, 0.2) is 30.3 Å². The Morgan fingerprint density at radius 3 is 2.77 bits per heavy atom. The lowest BCUT2D eigenvalue weighted by atomic mass is 10.1. The minimum absolute atomic E-state index is 0. The monoisotopic (exact) mass is 328 g/mol. The van der Waals surface area contributed by atoms with Crippen LogP contribution in [0.3, 0.4) is 0 Å². The molecule has 1 amide bonds. The molecule has 0 aliphatic carbocycles. The van der Waals surface area contributed by atoms with Gasteiger partial charge in [0.25, 0.3) is 0 Å². The quantitative estimate of drug-likeness (QED) is 0.772. The van der Waals surface area contributed by atoms with Crippen molar-refractivity contribution in [3.8, 4) is 0 Å². The number of ether oxygens (including phenoxy) is 2. The zero-order valence-corrected chi connectivity index (χ0v) is 13.8. The summed E-state index contributed by atoms with van der Waals surface area (Å²) in [5.74, 6) is 0.398. The highest BCUT2D eigenvalue weighted by Gasteiger charge is 2.29. The van der Waals surface area contributed by atoms with E-state index in [0.29, 0.717) is 25.7 Å². The number of amides is 1. The molecule has 5 nitrogen and oxygen atoms in total. The molecule has 0 bridgehead atoms. The molecular formula is C16H25ClN2O3. The molecule has 1 aromatic carbocycles. The third-order valence-corrected chi connectivity index (χ3v) is 3.81. The van der Waals surface area contributed by atoms with Gasteiger partial charge in [-0.2, -0.15) is 0 Å². The Kier molecular flexibility index (Phi) is 8.42. The topological polar surface area (TPSA) is 64.8 Å². The van der Waals surface area contributed by atoms with E-state index in [4.69, 9.17) is 15.2 Å². The maximum absolute atomic E-state index is 12.4. The van der Waals surface area contributed by atoms with E-state index in [1.54, 1.807) is 7.11 Å². The number of hydrogen-bond acceptors (Lipinski definition) is 4. The normalized spacial score (nSPS) is 18.8. The number of carbonyl (C=O) groups is 1. The molecular weight excluding hydrogens is 304 g/mol. The van der Waals surface area contributed by atoms with Crippen molar-refractivity contribution in [2.24, 2.45) is 11.7 Å². The molecule has 0 radical (unpaired) electrons. The standard InChI is InChI=1S/C16H24N2O3.ClH/c1-20-9-10-21-12-13-7-8-18(11-13)16(19)15(17)14-5-3-2-4-6-14;/h2-6,13,15H,7-12,17H2,1H3;1H. The van der Waals surface area contributed by atoms with E-state index in [0.717, 1.165) is 25.1 Å². The van der Waals surface area contributed by atoms with Crippen molar-refractivity contribution in [1.29, 1.82) is 0 Å². The first-order valence-corrected chi connectivity index (χ1v) is 7.38. The Bertz CT molecular complexity index is 444. The number of nitrogens with two attached hydrogens (primary N) is 1. The zero-order valence-electron chi connectivity index (χ0n) is 12.9. The summed E-state index contributed by atoms with van der Waals surface area (Å²) in [6.45, 7) is 3.37. The Balaban J connectivity index is 0.00000242. The highest BCUT2D eigenvalue weighted by Crippen LogP contribution is 2.21. The molecule has 6 heteroatoms. The van der Waals surface area contributed by atoms with Crippen LogP contribution in [-0.2, 0) is 14.3 Å². The molecule has 124 valence electrons. The van der Waals surface area contributed by atoms with Crippen LogP contribution in [0.4, 0.5) is 0 Å². The summed E-state index contributed by atoms with van der Waals surface area (Å²) in [5.41, 5.74) is 6.93. The molecule has 2 N–H and O–H groups in total. The fourth-order valence-corrected chi connectivity index (χ4v) is 2.56. The number of rotatable bonds is 7. The smallest absolute Gasteiger partial charge is 0.244 e. The van der Waals surface area contributed by atoms with Crippen LogP contribution < -0.4 is 5.73 Å². The maximum atomic E-state index is 12.4. The number of methoxy groups -OCH3 is 1. The van der Waals surface area contributed by atoms with E-state index in [-0.39, 0.29) is 18.3 Å². The van der Waals surface area contributed by atoms with Crippen molar-refractivity contribution in [1.82, 2.24) is 4.90 Å². The predicted molar refractivity (Wildman–Crippen MR) is 88.0 cm³/mol. The van der Waals surface area contributed by atoms with Gasteiger partial charge < -0.3 is 20.1 Å². The van der Waals surface area contributed by atoms with Crippen LogP contribution in [0.1, 0.15) is 18.0 Å². The number of likely N-dealkylation sites (tertiary alicyclic amines) is 1. The van der Waals surface area contributed by atoms with Gasteiger partial charge in [-0.3, -0.25) is 4.79 Å². The largest absolute Gasteiger partial charge is 0.382 e. The summed E-state index contributed by atoms with van der Waals surface area (Å²) in [7, 11) is 1.66. The van der Waals surface area contributed by atoms with Crippen LogP contribution in [0.5, 0.6) is 0 Å². The van der Waals surface area contributed by atoms with E-state index in [2.05, 4.69) is 0 Å². The first kappa shape index (κ1) is 18.9. The number of nitrogens with zero attached hydrogens (tertiary/aromatic N) is 1. The minimum atomic E-state index is -0.570. The van der Waals surface area contributed by atoms with E-state index in [1.807, 2.05) is 35.2 Å². The highest BCUT2D eigenvalue weighted by molar-refractivity contribution is 5.85. The van der Waals surface area contributed by atoms with Gasteiger partial charge in [0.1, 0.15) is 6.04 Å². The van der Waals surface area contributed by atoms with Gasteiger partial charge >= 0.3 is 0 Å². The van der Waals surface area contributed by atoms with Crippen molar-refractivity contribution in [2.45, 2.75) is 12.5 Å². The number of carbonyl (C=O) groups excluding carboxylic acids is 1. The van der Waals surface area contributed by atoms with E-state index >= 15 is 0 Å². The molecule has 1 aliphatic rings. The van der Waals surface area contributed by atoms with Gasteiger partial charge in [-0.05, 0) is 12.0 Å². The molecule has 1 fully saturated rings. The number of halogens is 1. The maximum Gasteiger partial charge on any atom is 0.244 e. The molecule has 0 aromatic heterocycles. The highest BCUT2D eigenvalue weighted by atomic mass is 35.5. The molecule has 1 aromatic rings. The second-order valence-corrected chi connectivity index (χ2v) is 5.40. The van der Waals surface area contributed by atoms with Gasteiger partial charge in [0.2, 0.25) is 5.91 Å². The summed E-state index contributed by atoms with van der Waals surface area (Å²) >= 11 is 0. The van der Waals surface area contributed by atoms with Crippen LogP contribution in [0.25, 0.3) is 0 Å². The van der Waals surface area contributed by atoms with Gasteiger partial charge in [0.15, 0.2) is 0 Å². The molecule has 22 heavy (non-hydrogen) atoms. The van der Waals surface area contributed by atoms with Gasteiger partial charge in [-0.15, -0.1) is 12.4 Å². The predicted octanol–water partition coefficient (Wildman–Crippen LogP) is 1.62. The van der Waals surface area contributed by atoms with Gasteiger partial charge in [0, 0.05) is 26.1 Å². The lowest BCUT2D eigenvalue weighted by Gasteiger charge is -2.21. The molecule has 2 rings (SSSR count). The lowest BCUT2D eigenvalue weighted by molar-refractivity contribution is -0.131. The molecule has 2 atom stereocenters. The SMILES string of the molecule is COCCOCC1CCN(C(=O)C(N)c2ccccc2)C1.Cl. The van der Waals surface area contributed by atoms with Crippen molar-refractivity contribution in [2.75, 3.05) is 40.0 Å². The third-order valence-electron chi connectivity index (χ3n) is 3.81. The molecule has 2 unspecified atom stereocenters. The third kappa shape index (κ3) is 5.25. The Morgan fingerprint density at radius 2 is 2.09 bits per heavy atom. The summed E-state index contributed by atoms with van der Waals surface area (Å²) in [6, 6.07) is 8.94. The average molecular weight is 329 g/mol. The van der Waals surface area contributed by atoms with Crippen molar-refractivity contribution in [3.05, 3.63) is 35.9 Å². The van der Waals surface area contributed by atoms with Crippen LogP contribution in [0, 0.1) is 5.92 Å². The summed E-state index contributed by atoms with van der Waals surface area (Å²) in [4.78, 5) is 14.3. The Labute approximate surface area is 138 Å². The Morgan fingerprint density at radius 1 is 1.36 bits per heavy atom. The summed E-state index contributed by atoms with van der Waals surface area (Å²) in [6.07, 6.45) is 0.972. The number of benzene rings is 1. The molecule has 0 spiro atoms. The second kappa shape index (κ2) is 9.79. The Hall–Kier alpha value is -1.14. The summed E-state index contributed by atoms with van der Waals surface area (Å²) in [5, 5.41) is 0. The fraction of sp³-hybridized carbons (Fsp3) is 0.562. The fourth-order valence-electron chi connectivity index (χ4n) is 2.56. The first-order valence-electron chi connectivity index (χ1n) is 7.38. The number of hydrogen-bond donors (Lipinski definition) is 1. The molecule has 1 saturated heterocycles. The first-order chi connectivity index (χ1) is 10.2. The molecule has 1 aliphatic heterocycles.